The summed E-state index contributed by atoms with van der Waals surface area (Å²) in [6.45, 7) is 0. The minimum Gasteiger partial charge on any atom is -0.504 e. The van der Waals surface area contributed by atoms with Gasteiger partial charge in [0.05, 0.1) is 18.9 Å². The van der Waals surface area contributed by atoms with E-state index in [1.54, 1.807) is 0 Å². The van der Waals surface area contributed by atoms with E-state index in [-0.39, 0.29) is 5.91 Å². The van der Waals surface area contributed by atoms with Crippen LogP contribution in [-0.4, -0.2) is 18.9 Å². The van der Waals surface area contributed by atoms with E-state index in [0.29, 0.717) is 22.6 Å². The molecular formula is C16H17NO3. The number of methoxy groups -OCH3 is 1. The van der Waals surface area contributed by atoms with Crippen molar-refractivity contribution in [3.8, 4) is 0 Å². The standard InChI is InChI=1S/C16H17NO3/c1-20-9-14-13-8-11(10-4-2-3-5-10)6-7-12(13)15(18)17-16(14)19/h6-10H,2-5H2,1H3,(H,17,18,19). The first-order valence-corrected chi connectivity index (χ1v) is 6.93. The van der Waals surface area contributed by atoms with Gasteiger partial charge in [-0.05, 0) is 36.5 Å². The number of rotatable bonds is 2. The van der Waals surface area contributed by atoms with Crippen molar-refractivity contribution >= 4 is 17.4 Å². The number of nitrogens with one attached hydrogen (secondary N) is 1. The molecule has 1 saturated carbocycles. The highest BCUT2D eigenvalue weighted by Crippen LogP contribution is 2.36. The van der Waals surface area contributed by atoms with Crippen molar-refractivity contribution in [2.24, 2.45) is 0 Å². The number of ether oxygens (including phenoxy) is 1. The third-order valence-corrected chi connectivity index (χ3v) is 4.11. The molecule has 1 fully saturated rings. The summed E-state index contributed by atoms with van der Waals surface area (Å²) in [5.41, 5.74) is 2.85. The largest absolute Gasteiger partial charge is 0.504 e. The van der Waals surface area contributed by atoms with Crippen molar-refractivity contribution in [3.63, 3.8) is 0 Å². The normalized spacial score (nSPS) is 20.9. The van der Waals surface area contributed by atoms with Gasteiger partial charge in [-0.1, -0.05) is 18.9 Å². The molecule has 0 unspecified atom stereocenters. The van der Waals surface area contributed by atoms with Crippen LogP contribution in [0.15, 0.2) is 24.5 Å². The number of carbonyl (C=O) groups excluding carboxylic acids is 2. The lowest BCUT2D eigenvalue weighted by molar-refractivity contribution is -0.114. The fourth-order valence-corrected chi connectivity index (χ4v) is 3.09. The summed E-state index contributed by atoms with van der Waals surface area (Å²) in [5, 5.41) is 2.33. The molecular weight excluding hydrogens is 254 g/mol. The van der Waals surface area contributed by atoms with Crippen LogP contribution >= 0.6 is 0 Å². The molecule has 0 bridgehead atoms. The van der Waals surface area contributed by atoms with Crippen molar-refractivity contribution in [2.75, 3.05) is 7.11 Å². The molecule has 1 aromatic carbocycles. The van der Waals surface area contributed by atoms with Gasteiger partial charge in [0.2, 0.25) is 0 Å². The van der Waals surface area contributed by atoms with Crippen molar-refractivity contribution < 1.29 is 14.3 Å². The molecule has 1 aromatic rings. The van der Waals surface area contributed by atoms with Crippen LogP contribution in [0.25, 0.3) is 5.57 Å². The van der Waals surface area contributed by atoms with E-state index in [4.69, 9.17) is 4.74 Å². The van der Waals surface area contributed by atoms with Crippen LogP contribution in [0.5, 0.6) is 0 Å². The summed E-state index contributed by atoms with van der Waals surface area (Å²) < 4.78 is 4.98. The molecule has 1 aliphatic carbocycles. The van der Waals surface area contributed by atoms with Crippen LogP contribution in [0.4, 0.5) is 0 Å². The minimum atomic E-state index is -0.395. The van der Waals surface area contributed by atoms with Crippen LogP contribution in [0.3, 0.4) is 0 Å². The Balaban J connectivity index is 2.08. The molecule has 1 N–H and O–H groups in total. The molecule has 0 spiro atoms. The monoisotopic (exact) mass is 271 g/mol. The van der Waals surface area contributed by atoms with E-state index in [1.165, 1.54) is 44.6 Å². The molecule has 1 aliphatic heterocycles. The smallest absolute Gasteiger partial charge is 0.261 e. The number of fused-ring (bicyclic) bond motifs is 1. The Hall–Kier alpha value is -2.10. The molecule has 2 aliphatic rings. The first-order chi connectivity index (χ1) is 9.70. The second-order valence-corrected chi connectivity index (χ2v) is 5.34. The molecule has 0 atom stereocenters. The van der Waals surface area contributed by atoms with Crippen molar-refractivity contribution in [3.05, 3.63) is 41.2 Å². The zero-order valence-electron chi connectivity index (χ0n) is 11.4. The molecule has 20 heavy (non-hydrogen) atoms. The van der Waals surface area contributed by atoms with Gasteiger partial charge in [0.15, 0.2) is 0 Å². The van der Waals surface area contributed by atoms with Crippen LogP contribution in [0.1, 0.15) is 53.1 Å². The maximum atomic E-state index is 11.9. The first kappa shape index (κ1) is 12.9. The highest BCUT2D eigenvalue weighted by molar-refractivity contribution is 6.30. The summed E-state index contributed by atoms with van der Waals surface area (Å²) in [4.78, 5) is 23.8. The number of hydrogen-bond acceptors (Lipinski definition) is 3. The molecule has 3 rings (SSSR count). The van der Waals surface area contributed by atoms with Gasteiger partial charge in [-0.2, -0.15) is 0 Å². The Kier molecular flexibility index (Phi) is 3.30. The fourth-order valence-electron chi connectivity index (χ4n) is 3.09. The number of benzene rings is 1. The summed E-state index contributed by atoms with van der Waals surface area (Å²) in [5.74, 6) is -0.187. The lowest BCUT2D eigenvalue weighted by atomic mass is 9.89. The maximum Gasteiger partial charge on any atom is 0.261 e. The number of amides is 2. The summed E-state index contributed by atoms with van der Waals surface area (Å²) in [6, 6.07) is 5.80. The van der Waals surface area contributed by atoms with Crippen LogP contribution in [0.2, 0.25) is 0 Å². The molecule has 4 nitrogen and oxygen atoms in total. The second kappa shape index (κ2) is 5.12. The van der Waals surface area contributed by atoms with Gasteiger partial charge in [0.25, 0.3) is 11.8 Å². The average molecular weight is 271 g/mol. The molecule has 0 aromatic heterocycles. The van der Waals surface area contributed by atoms with Gasteiger partial charge in [0, 0.05) is 11.1 Å². The lowest BCUT2D eigenvalue weighted by Gasteiger charge is -2.20. The van der Waals surface area contributed by atoms with E-state index >= 15 is 0 Å². The molecule has 4 heteroatoms. The first-order valence-electron chi connectivity index (χ1n) is 6.93. The highest BCUT2D eigenvalue weighted by Gasteiger charge is 2.29. The molecule has 2 amide bonds. The van der Waals surface area contributed by atoms with Crippen LogP contribution < -0.4 is 5.32 Å². The highest BCUT2D eigenvalue weighted by atomic mass is 16.5. The predicted octanol–water partition coefficient (Wildman–Crippen LogP) is 2.60. The van der Waals surface area contributed by atoms with Crippen molar-refractivity contribution in [2.45, 2.75) is 31.6 Å². The Bertz CT molecular complexity index is 598. The second-order valence-electron chi connectivity index (χ2n) is 5.34. The Morgan fingerprint density at radius 1 is 1.15 bits per heavy atom. The Morgan fingerprint density at radius 2 is 1.90 bits per heavy atom. The molecule has 104 valence electrons. The Labute approximate surface area is 117 Å². The fraction of sp³-hybridized carbons (Fsp3) is 0.375. The van der Waals surface area contributed by atoms with Crippen molar-refractivity contribution in [1.29, 1.82) is 0 Å². The third-order valence-electron chi connectivity index (χ3n) is 4.11. The van der Waals surface area contributed by atoms with Gasteiger partial charge >= 0.3 is 0 Å². The number of hydrogen-bond donors (Lipinski definition) is 1. The molecule has 0 radical (unpaired) electrons. The van der Waals surface area contributed by atoms with E-state index in [2.05, 4.69) is 5.32 Å². The SMILES string of the molecule is COC=C1C(=O)NC(=O)c2ccc(C3CCCC3)cc21. The summed E-state index contributed by atoms with van der Waals surface area (Å²) >= 11 is 0. The van der Waals surface area contributed by atoms with Crippen LogP contribution in [0, 0.1) is 0 Å². The van der Waals surface area contributed by atoms with Gasteiger partial charge in [-0.15, -0.1) is 0 Å². The van der Waals surface area contributed by atoms with E-state index < -0.39 is 5.91 Å². The van der Waals surface area contributed by atoms with Crippen LogP contribution in [-0.2, 0) is 9.53 Å². The number of imide groups is 1. The predicted molar refractivity (Wildman–Crippen MR) is 75.1 cm³/mol. The lowest BCUT2D eigenvalue weighted by Crippen LogP contribution is -2.36. The van der Waals surface area contributed by atoms with Gasteiger partial charge in [-0.25, -0.2) is 0 Å². The zero-order valence-corrected chi connectivity index (χ0v) is 11.4. The molecule has 0 saturated heterocycles. The summed E-state index contributed by atoms with van der Waals surface area (Å²) in [7, 11) is 1.50. The number of carbonyl (C=O) groups is 2. The van der Waals surface area contributed by atoms with Gasteiger partial charge in [-0.3, -0.25) is 14.9 Å². The quantitative estimate of drug-likeness (QED) is 0.511. The Morgan fingerprint density at radius 3 is 2.60 bits per heavy atom. The minimum absolute atomic E-state index is 0.337. The molecule has 1 heterocycles. The van der Waals surface area contributed by atoms with Gasteiger partial charge < -0.3 is 4.74 Å². The van der Waals surface area contributed by atoms with E-state index in [9.17, 15) is 9.59 Å². The van der Waals surface area contributed by atoms with E-state index in [1.807, 2.05) is 18.2 Å². The van der Waals surface area contributed by atoms with Gasteiger partial charge in [0.1, 0.15) is 0 Å². The average Bonchev–Trinajstić information content (AvgIpc) is 2.97. The maximum absolute atomic E-state index is 11.9. The topological polar surface area (TPSA) is 55.4 Å². The zero-order chi connectivity index (χ0) is 14.1. The van der Waals surface area contributed by atoms with E-state index in [0.717, 1.165) is 0 Å². The third kappa shape index (κ3) is 2.11. The summed E-state index contributed by atoms with van der Waals surface area (Å²) in [6.07, 6.45) is 6.27. The van der Waals surface area contributed by atoms with Crippen molar-refractivity contribution in [1.82, 2.24) is 5.32 Å².